The van der Waals surface area contributed by atoms with Gasteiger partial charge in [0.25, 0.3) is 5.91 Å². The summed E-state index contributed by atoms with van der Waals surface area (Å²) >= 11 is 0. The molecule has 0 aromatic heterocycles. The van der Waals surface area contributed by atoms with Crippen LogP contribution in [0.4, 0.5) is 4.39 Å². The first-order valence-corrected chi connectivity index (χ1v) is 6.98. The first-order chi connectivity index (χ1) is 11.1. The molecule has 1 amide bonds. The fourth-order valence-electron chi connectivity index (χ4n) is 1.93. The molecule has 1 atom stereocenters. The molecule has 2 rings (SSSR count). The van der Waals surface area contributed by atoms with Gasteiger partial charge >= 0.3 is 0 Å². The number of amides is 1. The van der Waals surface area contributed by atoms with Crippen molar-refractivity contribution >= 4 is 12.1 Å². The molecule has 2 aromatic carbocycles. The summed E-state index contributed by atoms with van der Waals surface area (Å²) in [7, 11) is 1.45. The quantitative estimate of drug-likeness (QED) is 0.634. The number of oxime groups is 1. The highest BCUT2D eigenvalue weighted by Gasteiger charge is 2.11. The van der Waals surface area contributed by atoms with Crippen LogP contribution >= 0.6 is 0 Å². The smallest absolute Gasteiger partial charge is 0.251 e. The highest BCUT2D eigenvalue weighted by atomic mass is 19.1. The van der Waals surface area contributed by atoms with E-state index >= 15 is 0 Å². The number of benzene rings is 2. The number of carbonyl (C=O) groups is 1. The number of halogens is 1. The maximum absolute atomic E-state index is 12.8. The number of rotatable bonds is 6. The van der Waals surface area contributed by atoms with Crippen molar-refractivity contribution in [2.45, 2.75) is 6.10 Å². The van der Waals surface area contributed by atoms with Gasteiger partial charge in [-0.05, 0) is 35.4 Å². The van der Waals surface area contributed by atoms with Gasteiger partial charge in [-0.25, -0.2) is 4.39 Å². The third kappa shape index (κ3) is 4.89. The average Bonchev–Trinajstić information content (AvgIpc) is 2.58. The van der Waals surface area contributed by atoms with Crippen LogP contribution in [-0.4, -0.2) is 30.9 Å². The summed E-state index contributed by atoms with van der Waals surface area (Å²) in [6.45, 7) is 0.0390. The average molecular weight is 316 g/mol. The van der Waals surface area contributed by atoms with Gasteiger partial charge in [0.2, 0.25) is 0 Å². The second-order valence-electron chi connectivity index (χ2n) is 4.82. The van der Waals surface area contributed by atoms with Crippen LogP contribution in [-0.2, 0) is 4.84 Å². The molecule has 0 aliphatic rings. The molecular weight excluding hydrogens is 299 g/mol. The standard InChI is InChI=1S/C17H17FN2O3/c1-23-20-10-12-2-4-14(5-3-12)17(22)19-11-16(21)13-6-8-15(18)9-7-13/h2-10,16,21H,11H2,1H3,(H,19,22)/b20-10+. The van der Waals surface area contributed by atoms with Crippen molar-refractivity contribution in [1.82, 2.24) is 5.32 Å². The van der Waals surface area contributed by atoms with Gasteiger partial charge in [0.15, 0.2) is 0 Å². The zero-order valence-electron chi connectivity index (χ0n) is 12.6. The molecule has 0 saturated heterocycles. The van der Waals surface area contributed by atoms with E-state index in [1.54, 1.807) is 24.3 Å². The molecule has 0 radical (unpaired) electrons. The number of nitrogens with one attached hydrogen (secondary N) is 1. The minimum absolute atomic E-state index is 0.0390. The molecule has 0 heterocycles. The van der Waals surface area contributed by atoms with E-state index in [4.69, 9.17) is 0 Å². The molecule has 0 spiro atoms. The third-order valence-corrected chi connectivity index (χ3v) is 3.19. The Balaban J connectivity index is 1.91. The summed E-state index contributed by atoms with van der Waals surface area (Å²) in [5.74, 6) is -0.677. The van der Waals surface area contributed by atoms with Gasteiger partial charge in [-0.3, -0.25) is 4.79 Å². The largest absolute Gasteiger partial charge is 0.399 e. The molecule has 6 heteroatoms. The van der Waals surface area contributed by atoms with Crippen LogP contribution in [0.25, 0.3) is 0 Å². The molecular formula is C17H17FN2O3. The molecule has 0 aliphatic heterocycles. The molecule has 0 saturated carbocycles. The highest BCUT2D eigenvalue weighted by Crippen LogP contribution is 2.12. The first-order valence-electron chi connectivity index (χ1n) is 6.98. The minimum atomic E-state index is -0.896. The number of aliphatic hydroxyl groups excluding tert-OH is 1. The lowest BCUT2D eigenvalue weighted by atomic mass is 10.1. The van der Waals surface area contributed by atoms with Crippen LogP contribution in [0.3, 0.4) is 0 Å². The van der Waals surface area contributed by atoms with Crippen molar-refractivity contribution in [2.75, 3.05) is 13.7 Å². The van der Waals surface area contributed by atoms with Crippen molar-refractivity contribution in [3.05, 3.63) is 71.0 Å². The lowest BCUT2D eigenvalue weighted by molar-refractivity contribution is 0.0916. The Labute approximate surface area is 133 Å². The normalized spacial score (nSPS) is 12.1. The monoisotopic (exact) mass is 316 g/mol. The topological polar surface area (TPSA) is 70.9 Å². The molecule has 0 aliphatic carbocycles. The molecule has 2 aromatic rings. The van der Waals surface area contributed by atoms with Crippen LogP contribution in [0.2, 0.25) is 0 Å². The van der Waals surface area contributed by atoms with Gasteiger partial charge in [0, 0.05) is 12.1 Å². The number of aliphatic hydroxyl groups is 1. The minimum Gasteiger partial charge on any atom is -0.399 e. The highest BCUT2D eigenvalue weighted by molar-refractivity contribution is 5.95. The lowest BCUT2D eigenvalue weighted by Gasteiger charge is -2.12. The summed E-state index contributed by atoms with van der Waals surface area (Å²) < 4.78 is 12.8. The van der Waals surface area contributed by atoms with Gasteiger partial charge in [-0.1, -0.05) is 29.4 Å². The van der Waals surface area contributed by atoms with E-state index in [2.05, 4.69) is 15.3 Å². The van der Waals surface area contributed by atoms with Gasteiger partial charge in [0.05, 0.1) is 12.3 Å². The number of hydrogen-bond donors (Lipinski definition) is 2. The summed E-state index contributed by atoms with van der Waals surface area (Å²) in [5, 5.41) is 16.2. The second kappa shape index (κ2) is 8.05. The predicted octanol–water partition coefficient (Wildman–Crippen LogP) is 2.27. The Hall–Kier alpha value is -2.73. The van der Waals surface area contributed by atoms with Crippen molar-refractivity contribution < 1.29 is 19.1 Å². The van der Waals surface area contributed by atoms with Crippen LogP contribution in [0, 0.1) is 5.82 Å². The van der Waals surface area contributed by atoms with E-state index in [-0.39, 0.29) is 18.3 Å². The van der Waals surface area contributed by atoms with E-state index in [0.29, 0.717) is 11.1 Å². The molecule has 120 valence electrons. The number of nitrogens with zero attached hydrogens (tertiary/aromatic N) is 1. The van der Waals surface area contributed by atoms with Gasteiger partial charge in [-0.2, -0.15) is 0 Å². The van der Waals surface area contributed by atoms with E-state index in [1.807, 2.05) is 0 Å². The molecule has 0 bridgehead atoms. The Morgan fingerprint density at radius 1 is 1.26 bits per heavy atom. The predicted molar refractivity (Wildman–Crippen MR) is 84.7 cm³/mol. The van der Waals surface area contributed by atoms with E-state index in [0.717, 1.165) is 5.56 Å². The molecule has 0 fully saturated rings. The molecule has 5 nitrogen and oxygen atoms in total. The van der Waals surface area contributed by atoms with Gasteiger partial charge in [0.1, 0.15) is 12.9 Å². The molecule has 1 unspecified atom stereocenters. The molecule has 23 heavy (non-hydrogen) atoms. The first kappa shape index (κ1) is 16.6. The van der Waals surface area contributed by atoms with E-state index < -0.39 is 6.10 Å². The summed E-state index contributed by atoms with van der Waals surface area (Å²) in [5.41, 5.74) is 1.80. The Morgan fingerprint density at radius 2 is 1.91 bits per heavy atom. The number of carbonyl (C=O) groups excluding carboxylic acids is 1. The van der Waals surface area contributed by atoms with Crippen molar-refractivity contribution in [2.24, 2.45) is 5.16 Å². The zero-order chi connectivity index (χ0) is 16.7. The van der Waals surface area contributed by atoms with Crippen molar-refractivity contribution in [1.29, 1.82) is 0 Å². The third-order valence-electron chi connectivity index (χ3n) is 3.19. The van der Waals surface area contributed by atoms with Crippen molar-refractivity contribution in [3.8, 4) is 0 Å². The Kier molecular flexibility index (Phi) is 5.82. The van der Waals surface area contributed by atoms with Crippen LogP contribution in [0.1, 0.15) is 27.6 Å². The summed E-state index contributed by atoms with van der Waals surface area (Å²) in [4.78, 5) is 16.6. The fourth-order valence-corrected chi connectivity index (χ4v) is 1.93. The Bertz CT molecular complexity index is 669. The van der Waals surface area contributed by atoms with Crippen LogP contribution < -0.4 is 5.32 Å². The maximum Gasteiger partial charge on any atom is 0.251 e. The number of hydrogen-bond acceptors (Lipinski definition) is 4. The summed E-state index contributed by atoms with van der Waals surface area (Å²) in [6.07, 6.45) is 0.632. The van der Waals surface area contributed by atoms with E-state index in [1.165, 1.54) is 37.6 Å². The van der Waals surface area contributed by atoms with Gasteiger partial charge in [-0.15, -0.1) is 0 Å². The maximum atomic E-state index is 12.8. The molecule has 2 N–H and O–H groups in total. The van der Waals surface area contributed by atoms with Gasteiger partial charge < -0.3 is 15.3 Å². The van der Waals surface area contributed by atoms with Crippen molar-refractivity contribution in [3.63, 3.8) is 0 Å². The fraction of sp³-hybridized carbons (Fsp3) is 0.176. The van der Waals surface area contributed by atoms with E-state index in [9.17, 15) is 14.3 Å². The van der Waals surface area contributed by atoms with Crippen LogP contribution in [0.5, 0.6) is 0 Å². The van der Waals surface area contributed by atoms with Crippen LogP contribution in [0.15, 0.2) is 53.7 Å². The summed E-state index contributed by atoms with van der Waals surface area (Å²) in [6, 6.07) is 12.3. The zero-order valence-corrected chi connectivity index (χ0v) is 12.6. The second-order valence-corrected chi connectivity index (χ2v) is 4.82. The Morgan fingerprint density at radius 3 is 2.52 bits per heavy atom. The SMILES string of the molecule is CO/N=C/c1ccc(C(=O)NCC(O)c2ccc(F)cc2)cc1. The lowest BCUT2D eigenvalue weighted by Crippen LogP contribution is -2.28.